The summed E-state index contributed by atoms with van der Waals surface area (Å²) in [6.07, 6.45) is 3.28. The number of hydrogen-bond donors (Lipinski definition) is 2. The summed E-state index contributed by atoms with van der Waals surface area (Å²) in [6.45, 7) is 1.47. The van der Waals surface area contributed by atoms with Gasteiger partial charge in [0.25, 0.3) is 0 Å². The van der Waals surface area contributed by atoms with Gasteiger partial charge in [-0.2, -0.15) is 5.26 Å². The maximum absolute atomic E-state index is 12.5. The normalized spacial score (nSPS) is 28.1. The molecule has 130 valence electrons. The first-order valence-electron chi connectivity index (χ1n) is 8.38. The average molecular weight is 349 g/mol. The number of nitrogens with one attached hydrogen (secondary N) is 1. The number of nitriles is 1. The molecule has 1 unspecified atom stereocenters. The second kappa shape index (κ2) is 7.19. The number of nitrogens with zero attached hydrogens (tertiary/aromatic N) is 2. The second-order valence-corrected chi connectivity index (χ2v) is 8.48. The van der Waals surface area contributed by atoms with E-state index in [0.717, 1.165) is 32.2 Å². The Morgan fingerprint density at radius 3 is 2.62 bits per heavy atom. The highest BCUT2D eigenvalue weighted by Gasteiger charge is 2.37. The summed E-state index contributed by atoms with van der Waals surface area (Å²) in [4.78, 5) is 2.21. The van der Waals surface area contributed by atoms with E-state index in [0.29, 0.717) is 17.7 Å². The summed E-state index contributed by atoms with van der Waals surface area (Å²) in [7, 11) is -3.44. The van der Waals surface area contributed by atoms with Gasteiger partial charge in [-0.25, -0.2) is 13.1 Å². The van der Waals surface area contributed by atoms with Gasteiger partial charge >= 0.3 is 0 Å². The zero-order valence-electron chi connectivity index (χ0n) is 13.6. The molecule has 1 saturated carbocycles. The Kier molecular flexibility index (Phi) is 5.21. The fourth-order valence-corrected chi connectivity index (χ4v) is 5.20. The van der Waals surface area contributed by atoms with E-state index in [9.17, 15) is 13.5 Å². The Bertz CT molecular complexity index is 712. The smallest absolute Gasteiger partial charge is 0.216 e. The van der Waals surface area contributed by atoms with Gasteiger partial charge in [0.15, 0.2) is 0 Å². The second-order valence-electron chi connectivity index (χ2n) is 6.73. The van der Waals surface area contributed by atoms with Crippen LogP contribution in [-0.2, 0) is 15.8 Å². The molecule has 24 heavy (non-hydrogen) atoms. The number of rotatable bonds is 5. The molecule has 2 fully saturated rings. The summed E-state index contributed by atoms with van der Waals surface area (Å²) in [5.41, 5.74) is 1.19. The summed E-state index contributed by atoms with van der Waals surface area (Å²) < 4.78 is 27.8. The molecule has 0 aromatic heterocycles. The van der Waals surface area contributed by atoms with Crippen LogP contribution in [0.2, 0.25) is 0 Å². The van der Waals surface area contributed by atoms with E-state index in [4.69, 9.17) is 5.26 Å². The molecule has 1 aromatic carbocycles. The molecule has 1 aliphatic carbocycles. The summed E-state index contributed by atoms with van der Waals surface area (Å²) in [5, 5.41) is 18.5. The highest BCUT2D eigenvalue weighted by molar-refractivity contribution is 7.88. The number of likely N-dealkylation sites (tertiary alicyclic amines) is 1. The molecule has 2 N–H and O–H groups in total. The lowest BCUT2D eigenvalue weighted by atomic mass is 10.1. The van der Waals surface area contributed by atoms with Crippen LogP contribution in [0, 0.1) is 11.3 Å². The fourth-order valence-electron chi connectivity index (χ4n) is 3.75. The molecule has 1 aliphatic heterocycles. The molecule has 3 atom stereocenters. The minimum atomic E-state index is -3.44. The van der Waals surface area contributed by atoms with Crippen LogP contribution in [0.3, 0.4) is 0 Å². The van der Waals surface area contributed by atoms with Crippen molar-refractivity contribution in [3.63, 3.8) is 0 Å². The van der Waals surface area contributed by atoms with E-state index in [1.165, 1.54) is 0 Å². The van der Waals surface area contributed by atoms with Crippen molar-refractivity contribution in [3.05, 3.63) is 35.4 Å². The van der Waals surface area contributed by atoms with Crippen molar-refractivity contribution in [2.45, 2.75) is 49.6 Å². The standard InChI is InChI=1S/C17H23N3O3S/c18-10-13-4-6-14(7-5-13)12-24(22,23)19-16-2-1-3-17(16)20-9-8-15(21)11-20/h4-7,15-17,19,21H,1-3,8-9,11-12H2/t15?,16-,17+/m1/s1. The Labute approximate surface area is 143 Å². The van der Waals surface area contributed by atoms with Crippen LogP contribution in [0.1, 0.15) is 36.8 Å². The monoisotopic (exact) mass is 349 g/mol. The lowest BCUT2D eigenvalue weighted by molar-refractivity contribution is 0.153. The summed E-state index contributed by atoms with van der Waals surface area (Å²) in [6, 6.07) is 8.75. The van der Waals surface area contributed by atoms with Crippen molar-refractivity contribution < 1.29 is 13.5 Å². The zero-order valence-corrected chi connectivity index (χ0v) is 14.4. The van der Waals surface area contributed by atoms with E-state index < -0.39 is 10.0 Å². The third-order valence-electron chi connectivity index (χ3n) is 4.91. The fraction of sp³-hybridized carbons (Fsp3) is 0.588. The number of aliphatic hydroxyl groups excluding tert-OH is 1. The van der Waals surface area contributed by atoms with Gasteiger partial charge in [0.2, 0.25) is 10.0 Å². The van der Waals surface area contributed by atoms with Gasteiger partial charge in [-0.15, -0.1) is 0 Å². The van der Waals surface area contributed by atoms with Crippen LogP contribution >= 0.6 is 0 Å². The van der Waals surface area contributed by atoms with Crippen LogP contribution in [0.15, 0.2) is 24.3 Å². The predicted octanol–water partition coefficient (Wildman–Crippen LogP) is 0.965. The van der Waals surface area contributed by atoms with Crippen LogP contribution in [0.4, 0.5) is 0 Å². The quantitative estimate of drug-likeness (QED) is 0.826. The molecule has 1 aromatic rings. The molecule has 2 aliphatic rings. The van der Waals surface area contributed by atoms with Crippen LogP contribution in [0.5, 0.6) is 0 Å². The Hall–Kier alpha value is -1.46. The van der Waals surface area contributed by atoms with Crippen LogP contribution in [-0.4, -0.2) is 49.7 Å². The van der Waals surface area contributed by atoms with Gasteiger partial charge in [0, 0.05) is 25.2 Å². The first-order valence-corrected chi connectivity index (χ1v) is 10.0. The van der Waals surface area contributed by atoms with Gasteiger partial charge in [0.1, 0.15) is 0 Å². The molecule has 0 radical (unpaired) electrons. The van der Waals surface area contributed by atoms with E-state index in [1.807, 2.05) is 6.07 Å². The van der Waals surface area contributed by atoms with Crippen LogP contribution < -0.4 is 4.72 Å². The van der Waals surface area contributed by atoms with Gasteiger partial charge in [-0.05, 0) is 37.0 Å². The minimum Gasteiger partial charge on any atom is -0.392 e. The lowest BCUT2D eigenvalue weighted by Gasteiger charge is -2.29. The first kappa shape index (κ1) is 17.4. The van der Waals surface area contributed by atoms with Crippen molar-refractivity contribution in [1.82, 2.24) is 9.62 Å². The topological polar surface area (TPSA) is 93.4 Å². The number of aliphatic hydroxyl groups is 1. The van der Waals surface area contributed by atoms with Crippen LogP contribution in [0.25, 0.3) is 0 Å². The number of sulfonamides is 1. The van der Waals surface area contributed by atoms with E-state index in [2.05, 4.69) is 9.62 Å². The molecule has 3 rings (SSSR count). The SMILES string of the molecule is N#Cc1ccc(CS(=O)(=O)N[C@@H]2CCC[C@@H]2N2CCC(O)C2)cc1. The average Bonchev–Trinajstić information content (AvgIpc) is 3.16. The van der Waals surface area contributed by atoms with Gasteiger partial charge in [0.05, 0.1) is 23.5 Å². The predicted molar refractivity (Wildman–Crippen MR) is 90.5 cm³/mol. The Morgan fingerprint density at radius 1 is 1.25 bits per heavy atom. The van der Waals surface area contributed by atoms with Crippen molar-refractivity contribution >= 4 is 10.0 Å². The Morgan fingerprint density at radius 2 is 2.00 bits per heavy atom. The van der Waals surface area contributed by atoms with Gasteiger partial charge < -0.3 is 5.11 Å². The van der Waals surface area contributed by atoms with Crippen molar-refractivity contribution in [2.24, 2.45) is 0 Å². The number of hydrogen-bond acceptors (Lipinski definition) is 5. The first-order chi connectivity index (χ1) is 11.5. The molecule has 6 nitrogen and oxygen atoms in total. The highest BCUT2D eigenvalue weighted by Crippen LogP contribution is 2.28. The lowest BCUT2D eigenvalue weighted by Crippen LogP contribution is -2.48. The maximum Gasteiger partial charge on any atom is 0.216 e. The van der Waals surface area contributed by atoms with E-state index in [1.54, 1.807) is 24.3 Å². The summed E-state index contributed by atoms with van der Waals surface area (Å²) >= 11 is 0. The Balaban J connectivity index is 1.63. The molecule has 7 heteroatoms. The third-order valence-corrected chi connectivity index (χ3v) is 6.29. The molecule has 0 amide bonds. The molecule has 0 spiro atoms. The van der Waals surface area contributed by atoms with E-state index >= 15 is 0 Å². The molecular formula is C17H23N3O3S. The number of benzene rings is 1. The van der Waals surface area contributed by atoms with Crippen molar-refractivity contribution in [2.75, 3.05) is 13.1 Å². The molecule has 1 saturated heterocycles. The molecule has 1 heterocycles. The van der Waals surface area contributed by atoms with Crippen molar-refractivity contribution in [3.8, 4) is 6.07 Å². The van der Waals surface area contributed by atoms with Crippen molar-refractivity contribution in [1.29, 1.82) is 5.26 Å². The summed E-state index contributed by atoms with van der Waals surface area (Å²) in [5.74, 6) is -0.0788. The van der Waals surface area contributed by atoms with Gasteiger partial charge in [-0.1, -0.05) is 18.6 Å². The zero-order chi connectivity index (χ0) is 17.2. The molecular weight excluding hydrogens is 326 g/mol. The van der Waals surface area contributed by atoms with Gasteiger partial charge in [-0.3, -0.25) is 4.90 Å². The maximum atomic E-state index is 12.5. The third kappa shape index (κ3) is 4.14. The van der Waals surface area contributed by atoms with E-state index in [-0.39, 0.29) is 23.9 Å². The number of β-amino-alcohol motifs (C(OH)–C–C–N with tert-alkyl or cyclic N) is 1. The minimum absolute atomic E-state index is 0.0788. The largest absolute Gasteiger partial charge is 0.392 e. The molecule has 0 bridgehead atoms. The highest BCUT2D eigenvalue weighted by atomic mass is 32.2.